The molecule has 120 valence electrons. The topological polar surface area (TPSA) is 90.7 Å². The minimum absolute atomic E-state index is 0.0952. The number of carboxylic acid groups (broad SMARTS) is 1. The zero-order valence-corrected chi connectivity index (χ0v) is 13.3. The van der Waals surface area contributed by atoms with Crippen molar-refractivity contribution in [2.24, 2.45) is 0 Å². The molecule has 0 amide bonds. The Morgan fingerprint density at radius 1 is 1.30 bits per heavy atom. The molecule has 2 aromatic heterocycles. The maximum Gasteiger partial charge on any atom is 0.305 e. The highest BCUT2D eigenvalue weighted by Gasteiger charge is 2.15. The van der Waals surface area contributed by atoms with Crippen LogP contribution >= 0.6 is 11.3 Å². The van der Waals surface area contributed by atoms with Crippen molar-refractivity contribution < 1.29 is 19.4 Å². The van der Waals surface area contributed by atoms with Crippen molar-refractivity contribution >= 4 is 37.6 Å². The van der Waals surface area contributed by atoms with Gasteiger partial charge in [0.05, 0.1) is 32.5 Å². The zero-order chi connectivity index (χ0) is 16.6. The summed E-state index contributed by atoms with van der Waals surface area (Å²) in [4.78, 5) is 27.5. The van der Waals surface area contributed by atoms with Gasteiger partial charge in [0.2, 0.25) is 0 Å². The van der Waals surface area contributed by atoms with Crippen LogP contribution in [0.25, 0.3) is 20.3 Å². The number of benzene rings is 1. The molecule has 0 aliphatic carbocycles. The second-order valence-electron chi connectivity index (χ2n) is 4.87. The van der Waals surface area contributed by atoms with E-state index in [-0.39, 0.29) is 18.5 Å². The highest BCUT2D eigenvalue weighted by atomic mass is 32.1. The summed E-state index contributed by atoms with van der Waals surface area (Å²) in [6, 6.07) is 3.60. The van der Waals surface area contributed by atoms with E-state index in [1.54, 1.807) is 20.3 Å². The molecule has 1 aromatic carbocycles. The molecule has 0 saturated carbocycles. The highest BCUT2D eigenvalue weighted by Crippen LogP contribution is 2.38. The summed E-state index contributed by atoms with van der Waals surface area (Å²) in [5, 5.41) is 9.56. The number of rotatable bonds is 5. The van der Waals surface area contributed by atoms with Crippen LogP contribution in [0, 0.1) is 0 Å². The van der Waals surface area contributed by atoms with Crippen LogP contribution in [0.3, 0.4) is 0 Å². The fourth-order valence-electron chi connectivity index (χ4n) is 2.37. The zero-order valence-electron chi connectivity index (χ0n) is 12.5. The van der Waals surface area contributed by atoms with Gasteiger partial charge in [-0.2, -0.15) is 0 Å². The van der Waals surface area contributed by atoms with Crippen LogP contribution in [-0.4, -0.2) is 34.8 Å². The number of thiophene rings is 1. The summed E-state index contributed by atoms with van der Waals surface area (Å²) in [6.07, 6.45) is 1.26. The minimum atomic E-state index is -0.956. The number of fused-ring (bicyclic) bond motifs is 3. The van der Waals surface area contributed by atoms with Crippen molar-refractivity contribution in [3.63, 3.8) is 0 Å². The first-order valence-electron chi connectivity index (χ1n) is 6.80. The van der Waals surface area contributed by atoms with Crippen molar-refractivity contribution in [2.45, 2.75) is 13.0 Å². The van der Waals surface area contributed by atoms with Gasteiger partial charge in [-0.3, -0.25) is 14.2 Å². The van der Waals surface area contributed by atoms with E-state index >= 15 is 0 Å². The van der Waals surface area contributed by atoms with E-state index in [0.717, 1.165) is 10.1 Å². The van der Waals surface area contributed by atoms with E-state index in [2.05, 4.69) is 4.98 Å². The minimum Gasteiger partial charge on any atom is -0.493 e. The Balaban J connectivity index is 2.21. The Labute approximate surface area is 134 Å². The van der Waals surface area contributed by atoms with Gasteiger partial charge in [0, 0.05) is 22.7 Å². The van der Waals surface area contributed by atoms with Crippen LogP contribution in [-0.2, 0) is 11.3 Å². The van der Waals surface area contributed by atoms with Crippen LogP contribution in [0.5, 0.6) is 11.5 Å². The molecule has 0 unspecified atom stereocenters. The number of aryl methyl sites for hydroxylation is 1. The van der Waals surface area contributed by atoms with E-state index < -0.39 is 5.97 Å². The molecule has 8 heteroatoms. The maximum absolute atomic E-state index is 12.5. The number of hydrogen-bond acceptors (Lipinski definition) is 6. The number of carbonyl (C=O) groups is 1. The summed E-state index contributed by atoms with van der Waals surface area (Å²) in [5.74, 6) is 0.192. The number of hydrogen-bond donors (Lipinski definition) is 1. The van der Waals surface area contributed by atoms with Crippen molar-refractivity contribution in [3.8, 4) is 11.5 Å². The average Bonchev–Trinajstić information content (AvgIpc) is 2.91. The fourth-order valence-corrected chi connectivity index (χ4v) is 3.48. The predicted molar refractivity (Wildman–Crippen MR) is 86.7 cm³/mol. The summed E-state index contributed by atoms with van der Waals surface area (Å²) >= 11 is 1.31. The van der Waals surface area contributed by atoms with Crippen molar-refractivity contribution in [2.75, 3.05) is 14.2 Å². The quantitative estimate of drug-likeness (QED) is 0.768. The van der Waals surface area contributed by atoms with Crippen LogP contribution in [0.2, 0.25) is 0 Å². The maximum atomic E-state index is 12.5. The van der Waals surface area contributed by atoms with Gasteiger partial charge in [0.15, 0.2) is 11.5 Å². The van der Waals surface area contributed by atoms with Crippen molar-refractivity contribution in [1.29, 1.82) is 0 Å². The lowest BCUT2D eigenvalue weighted by Crippen LogP contribution is -2.21. The molecule has 0 spiro atoms. The third-order valence-corrected chi connectivity index (χ3v) is 4.65. The Morgan fingerprint density at radius 2 is 2.00 bits per heavy atom. The summed E-state index contributed by atoms with van der Waals surface area (Å²) < 4.78 is 13.2. The second kappa shape index (κ2) is 5.88. The van der Waals surface area contributed by atoms with Gasteiger partial charge in [0.1, 0.15) is 4.70 Å². The number of aromatic nitrogens is 2. The Morgan fingerprint density at radius 3 is 2.65 bits per heavy atom. The van der Waals surface area contributed by atoms with Crippen LogP contribution in [0.4, 0.5) is 0 Å². The molecule has 3 rings (SSSR count). The summed E-state index contributed by atoms with van der Waals surface area (Å²) in [5.41, 5.74) is 0.345. The van der Waals surface area contributed by atoms with Crippen LogP contribution in [0.1, 0.15) is 6.42 Å². The first-order valence-corrected chi connectivity index (χ1v) is 7.62. The van der Waals surface area contributed by atoms with Gasteiger partial charge in [-0.15, -0.1) is 11.3 Å². The number of nitrogens with zero attached hydrogens (tertiary/aromatic N) is 2. The first-order chi connectivity index (χ1) is 11.0. The molecule has 3 aromatic rings. The summed E-state index contributed by atoms with van der Waals surface area (Å²) in [7, 11) is 3.10. The van der Waals surface area contributed by atoms with E-state index in [0.29, 0.717) is 21.7 Å². The monoisotopic (exact) mass is 334 g/mol. The van der Waals surface area contributed by atoms with E-state index in [1.165, 1.54) is 22.2 Å². The molecule has 0 radical (unpaired) electrons. The molecule has 0 atom stereocenters. The Bertz CT molecular complexity index is 960. The molecule has 7 nitrogen and oxygen atoms in total. The van der Waals surface area contributed by atoms with E-state index in [4.69, 9.17) is 14.6 Å². The lowest BCUT2D eigenvalue weighted by Gasteiger charge is -2.07. The van der Waals surface area contributed by atoms with Crippen molar-refractivity contribution in [3.05, 3.63) is 28.8 Å². The first kappa shape index (κ1) is 15.3. The summed E-state index contributed by atoms with van der Waals surface area (Å²) in [6.45, 7) is 0.0952. The molecule has 0 fully saturated rings. The normalized spacial score (nSPS) is 11.0. The van der Waals surface area contributed by atoms with Crippen LogP contribution in [0.15, 0.2) is 23.3 Å². The number of aliphatic carboxylic acids is 1. The molecule has 0 aliphatic heterocycles. The molecule has 0 aliphatic rings. The average molecular weight is 334 g/mol. The van der Waals surface area contributed by atoms with Crippen molar-refractivity contribution in [1.82, 2.24) is 9.55 Å². The second-order valence-corrected chi connectivity index (χ2v) is 5.92. The molecular weight excluding hydrogens is 320 g/mol. The highest BCUT2D eigenvalue weighted by molar-refractivity contribution is 7.25. The number of carboxylic acids is 1. The lowest BCUT2D eigenvalue weighted by molar-refractivity contribution is -0.137. The molecule has 2 heterocycles. The lowest BCUT2D eigenvalue weighted by atomic mass is 10.2. The van der Waals surface area contributed by atoms with Gasteiger partial charge in [-0.25, -0.2) is 4.98 Å². The fraction of sp³-hybridized carbons (Fsp3) is 0.267. The smallest absolute Gasteiger partial charge is 0.305 e. The predicted octanol–water partition coefficient (Wildman–Crippen LogP) is 2.10. The van der Waals surface area contributed by atoms with Gasteiger partial charge in [0.25, 0.3) is 5.56 Å². The largest absolute Gasteiger partial charge is 0.493 e. The van der Waals surface area contributed by atoms with Gasteiger partial charge in [-0.1, -0.05) is 0 Å². The van der Waals surface area contributed by atoms with Gasteiger partial charge in [-0.05, 0) is 6.07 Å². The molecule has 23 heavy (non-hydrogen) atoms. The number of methoxy groups -OCH3 is 2. The Kier molecular flexibility index (Phi) is 3.91. The van der Waals surface area contributed by atoms with E-state index in [1.807, 2.05) is 6.07 Å². The molecule has 0 bridgehead atoms. The molecular formula is C15H14N2O5S. The van der Waals surface area contributed by atoms with Gasteiger partial charge >= 0.3 is 5.97 Å². The third-order valence-electron chi connectivity index (χ3n) is 3.52. The molecule has 0 saturated heterocycles. The SMILES string of the molecule is COc1cc2sc3c(=O)n(CCC(=O)O)cnc3c2cc1OC. The molecule has 1 N–H and O–H groups in total. The number of ether oxygens (including phenoxy) is 2. The third kappa shape index (κ3) is 2.61. The Hall–Kier alpha value is -2.61. The van der Waals surface area contributed by atoms with Crippen LogP contribution < -0.4 is 15.0 Å². The van der Waals surface area contributed by atoms with Gasteiger partial charge < -0.3 is 14.6 Å². The standard InChI is InChI=1S/C15H14N2O5S/c1-21-9-5-8-11(6-10(9)22-2)23-14-13(8)16-7-17(15(14)20)4-3-12(18)19/h5-7H,3-4H2,1-2H3,(H,18,19). The van der Waals surface area contributed by atoms with E-state index in [9.17, 15) is 9.59 Å².